The zero-order valence-corrected chi connectivity index (χ0v) is 15.6. The number of nitrogen functional groups attached to an aromatic ring is 1. The number of nitrogens with two attached hydrogens (primary N) is 1. The first-order valence-electron chi connectivity index (χ1n) is 8.38. The van der Waals surface area contributed by atoms with Gasteiger partial charge in [-0.25, -0.2) is 4.68 Å². The second kappa shape index (κ2) is 7.77. The van der Waals surface area contributed by atoms with E-state index in [2.05, 4.69) is 15.5 Å². The summed E-state index contributed by atoms with van der Waals surface area (Å²) in [4.78, 5) is 25.4. The molecule has 138 valence electrons. The number of nitrogens with zero attached hydrogens (tertiary/aromatic N) is 4. The summed E-state index contributed by atoms with van der Waals surface area (Å²) in [5.74, 6) is 6.48. The topological polar surface area (TPSA) is 106 Å². The third-order valence-corrected chi connectivity index (χ3v) is 5.05. The lowest BCUT2D eigenvalue weighted by molar-refractivity contribution is -0.132. The highest BCUT2D eigenvalue weighted by atomic mass is 32.2. The molecule has 0 aliphatic heterocycles. The lowest BCUT2D eigenvalue weighted by Gasteiger charge is -2.16. The van der Waals surface area contributed by atoms with Crippen LogP contribution in [0.2, 0.25) is 0 Å². The number of benzene rings is 1. The molecular formula is C17H22N6O2S. The van der Waals surface area contributed by atoms with E-state index in [0.717, 1.165) is 24.0 Å². The number of aromatic nitrogens is 3. The van der Waals surface area contributed by atoms with Gasteiger partial charge in [0.2, 0.25) is 17.0 Å². The van der Waals surface area contributed by atoms with Crippen molar-refractivity contribution in [2.45, 2.75) is 31.0 Å². The molecule has 2 amide bonds. The quantitative estimate of drug-likeness (QED) is 0.548. The highest BCUT2D eigenvalue weighted by Gasteiger charge is 2.24. The van der Waals surface area contributed by atoms with Gasteiger partial charge in [-0.3, -0.25) is 9.59 Å². The summed E-state index contributed by atoms with van der Waals surface area (Å²) in [5.41, 5.74) is 1.94. The van der Waals surface area contributed by atoms with Crippen LogP contribution in [0.25, 0.3) is 11.4 Å². The van der Waals surface area contributed by atoms with Crippen LogP contribution in [-0.2, 0) is 9.59 Å². The third-order valence-electron chi connectivity index (χ3n) is 4.12. The van der Waals surface area contributed by atoms with Gasteiger partial charge in [0.1, 0.15) is 0 Å². The lowest BCUT2D eigenvalue weighted by atomic mass is 10.1. The number of likely N-dealkylation sites (N-methyl/N-ethyl adjacent to an activating group) is 1. The van der Waals surface area contributed by atoms with Crippen LogP contribution in [-0.4, -0.2) is 57.0 Å². The molecule has 9 heteroatoms. The van der Waals surface area contributed by atoms with Crippen LogP contribution >= 0.6 is 11.8 Å². The Hall–Kier alpha value is -2.55. The van der Waals surface area contributed by atoms with Crippen molar-refractivity contribution in [3.05, 3.63) is 29.8 Å². The molecule has 0 radical (unpaired) electrons. The number of rotatable bonds is 7. The van der Waals surface area contributed by atoms with Crippen molar-refractivity contribution in [3.63, 3.8) is 0 Å². The molecule has 3 rings (SSSR count). The van der Waals surface area contributed by atoms with Crippen LogP contribution in [0.5, 0.6) is 0 Å². The van der Waals surface area contributed by atoms with Gasteiger partial charge in [-0.2, -0.15) is 0 Å². The van der Waals surface area contributed by atoms with Gasteiger partial charge in [0.25, 0.3) is 0 Å². The smallest absolute Gasteiger partial charge is 0.239 e. The van der Waals surface area contributed by atoms with Crippen molar-refractivity contribution in [2.24, 2.45) is 0 Å². The third kappa shape index (κ3) is 4.34. The fourth-order valence-electron chi connectivity index (χ4n) is 2.42. The van der Waals surface area contributed by atoms with Gasteiger partial charge in [-0.15, -0.1) is 10.2 Å². The SMILES string of the molecule is Cc1ccccc1-c1nnc(SCC(=O)N(C)CC(=O)NC2CC2)n1N. The van der Waals surface area contributed by atoms with Gasteiger partial charge in [0, 0.05) is 18.7 Å². The predicted molar refractivity (Wildman–Crippen MR) is 99.9 cm³/mol. The number of thioether (sulfide) groups is 1. The molecule has 1 aromatic heterocycles. The molecule has 0 unspecified atom stereocenters. The summed E-state index contributed by atoms with van der Waals surface area (Å²) in [6.07, 6.45) is 2.04. The lowest BCUT2D eigenvalue weighted by Crippen LogP contribution is -2.39. The van der Waals surface area contributed by atoms with Crippen LogP contribution in [0, 0.1) is 6.92 Å². The Bertz CT molecular complexity index is 817. The minimum atomic E-state index is -0.165. The average molecular weight is 374 g/mol. The van der Waals surface area contributed by atoms with Gasteiger partial charge >= 0.3 is 0 Å². The number of carbonyl (C=O) groups is 2. The van der Waals surface area contributed by atoms with Crippen LogP contribution in [0.3, 0.4) is 0 Å². The van der Waals surface area contributed by atoms with E-state index in [1.165, 1.54) is 21.3 Å². The second-order valence-electron chi connectivity index (χ2n) is 6.37. The second-order valence-corrected chi connectivity index (χ2v) is 7.31. The van der Waals surface area contributed by atoms with Crippen LogP contribution in [0.4, 0.5) is 0 Å². The van der Waals surface area contributed by atoms with Crippen LogP contribution < -0.4 is 11.2 Å². The minimum absolute atomic E-state index is 0.0552. The summed E-state index contributed by atoms with van der Waals surface area (Å²) in [6, 6.07) is 8.04. The number of carbonyl (C=O) groups excluding carboxylic acids is 2. The first-order valence-corrected chi connectivity index (χ1v) is 9.37. The minimum Gasteiger partial charge on any atom is -0.352 e. The molecule has 0 bridgehead atoms. The van der Waals surface area contributed by atoms with E-state index < -0.39 is 0 Å². The monoisotopic (exact) mass is 374 g/mol. The van der Waals surface area contributed by atoms with Crippen molar-refractivity contribution >= 4 is 23.6 Å². The van der Waals surface area contributed by atoms with Crippen molar-refractivity contribution in [1.29, 1.82) is 0 Å². The van der Waals surface area contributed by atoms with Crippen molar-refractivity contribution in [3.8, 4) is 11.4 Å². The van der Waals surface area contributed by atoms with E-state index in [0.29, 0.717) is 11.0 Å². The summed E-state index contributed by atoms with van der Waals surface area (Å²) >= 11 is 1.20. The van der Waals surface area contributed by atoms with Crippen molar-refractivity contribution < 1.29 is 9.59 Å². The van der Waals surface area contributed by atoms with Gasteiger partial charge in [-0.1, -0.05) is 36.0 Å². The molecule has 26 heavy (non-hydrogen) atoms. The maximum atomic E-state index is 12.2. The Morgan fingerprint density at radius 1 is 1.35 bits per heavy atom. The van der Waals surface area contributed by atoms with Gasteiger partial charge in [0.15, 0.2) is 5.82 Å². The van der Waals surface area contributed by atoms with Crippen molar-refractivity contribution in [1.82, 2.24) is 25.1 Å². The van der Waals surface area contributed by atoms with E-state index in [1.54, 1.807) is 7.05 Å². The molecule has 0 spiro atoms. The molecule has 0 saturated heterocycles. The Kier molecular flexibility index (Phi) is 5.46. The Morgan fingerprint density at radius 3 is 2.77 bits per heavy atom. The van der Waals surface area contributed by atoms with E-state index in [1.807, 2.05) is 31.2 Å². The normalized spacial score (nSPS) is 13.5. The Balaban J connectivity index is 1.57. The number of nitrogens with one attached hydrogen (secondary N) is 1. The molecule has 2 aromatic rings. The molecule has 1 saturated carbocycles. The molecule has 0 atom stereocenters. The molecule has 1 aliphatic carbocycles. The summed E-state index contributed by atoms with van der Waals surface area (Å²) in [6.45, 7) is 2.03. The van der Waals surface area contributed by atoms with Gasteiger partial charge in [0.05, 0.1) is 12.3 Å². The fourth-order valence-corrected chi connectivity index (χ4v) is 3.22. The number of hydrogen-bond acceptors (Lipinski definition) is 6. The van der Waals surface area contributed by atoms with Gasteiger partial charge in [-0.05, 0) is 25.3 Å². The highest BCUT2D eigenvalue weighted by molar-refractivity contribution is 7.99. The van der Waals surface area contributed by atoms with E-state index in [4.69, 9.17) is 5.84 Å². The fraction of sp³-hybridized carbons (Fsp3) is 0.412. The van der Waals surface area contributed by atoms with Gasteiger partial charge < -0.3 is 16.1 Å². The molecule has 1 aromatic carbocycles. The molecular weight excluding hydrogens is 352 g/mol. The maximum Gasteiger partial charge on any atom is 0.239 e. The van der Waals surface area contributed by atoms with Crippen LogP contribution in [0.15, 0.2) is 29.4 Å². The summed E-state index contributed by atoms with van der Waals surface area (Å²) in [7, 11) is 1.61. The highest BCUT2D eigenvalue weighted by Crippen LogP contribution is 2.24. The predicted octanol–water partition coefficient (Wildman–Crippen LogP) is 0.796. The molecule has 1 aliphatic rings. The molecule has 1 fully saturated rings. The maximum absolute atomic E-state index is 12.2. The molecule has 3 N–H and O–H groups in total. The Labute approximate surface area is 156 Å². The summed E-state index contributed by atoms with van der Waals surface area (Å²) < 4.78 is 1.39. The zero-order valence-electron chi connectivity index (χ0n) is 14.8. The van der Waals surface area contributed by atoms with E-state index >= 15 is 0 Å². The molecule has 8 nitrogen and oxygen atoms in total. The Morgan fingerprint density at radius 2 is 2.08 bits per heavy atom. The molecule has 1 heterocycles. The summed E-state index contributed by atoms with van der Waals surface area (Å²) in [5, 5.41) is 11.5. The van der Waals surface area contributed by atoms with E-state index in [-0.39, 0.29) is 30.2 Å². The zero-order chi connectivity index (χ0) is 18.7. The van der Waals surface area contributed by atoms with Crippen LogP contribution in [0.1, 0.15) is 18.4 Å². The standard InChI is InChI=1S/C17H22N6O2S/c1-11-5-3-4-6-13(11)16-20-21-17(23(16)18)26-10-15(25)22(2)9-14(24)19-12-7-8-12/h3-6,12H,7-10,18H2,1-2H3,(H,19,24). The van der Waals surface area contributed by atoms with E-state index in [9.17, 15) is 9.59 Å². The largest absolute Gasteiger partial charge is 0.352 e. The number of hydrogen-bond donors (Lipinski definition) is 2. The first-order chi connectivity index (χ1) is 12.5. The number of amides is 2. The van der Waals surface area contributed by atoms with Crippen molar-refractivity contribution in [2.75, 3.05) is 25.2 Å². The number of aryl methyl sites for hydroxylation is 1. The first kappa shape index (κ1) is 18.2. The average Bonchev–Trinajstić information content (AvgIpc) is 3.34.